The topological polar surface area (TPSA) is 9.23 Å². The predicted molar refractivity (Wildman–Crippen MR) is 56.8 cm³/mol. The maximum absolute atomic E-state index is 5.76. The Balaban J connectivity index is 3.34. The van der Waals surface area contributed by atoms with Gasteiger partial charge in [-0.2, -0.15) is 0 Å². The van der Waals surface area contributed by atoms with Crippen LogP contribution in [-0.4, -0.2) is 13.5 Å². The Morgan fingerprint density at radius 3 is 1.92 bits per heavy atom. The second kappa shape index (κ2) is 9.12. The van der Waals surface area contributed by atoms with Gasteiger partial charge in [0.15, 0.2) is 0 Å². The summed E-state index contributed by atoms with van der Waals surface area (Å²) in [5.41, 5.74) is 0. The first kappa shape index (κ1) is 12.0. The van der Waals surface area contributed by atoms with Crippen LogP contribution in [0.1, 0.15) is 46.5 Å². The maximum Gasteiger partial charge on any atom is 0.293 e. The fourth-order valence-corrected chi connectivity index (χ4v) is 1.35. The standard InChI is InChI=1S/C10H23BO/c1-4-7-10-12-11(8-5-2)9-6-3/h4-10H2,1-3H3. The van der Waals surface area contributed by atoms with Crippen molar-refractivity contribution in [3.8, 4) is 0 Å². The van der Waals surface area contributed by atoms with Gasteiger partial charge in [-0.25, -0.2) is 0 Å². The zero-order chi connectivity index (χ0) is 9.23. The lowest BCUT2D eigenvalue weighted by atomic mass is 9.60. The molecular formula is C10H23BO. The molecule has 0 aromatic carbocycles. The zero-order valence-electron chi connectivity index (χ0n) is 8.94. The van der Waals surface area contributed by atoms with Crippen molar-refractivity contribution in [1.82, 2.24) is 0 Å². The SMILES string of the molecule is CCCCOB(CCC)CCC. The average Bonchev–Trinajstić information content (AvgIpc) is 2.06. The van der Waals surface area contributed by atoms with Gasteiger partial charge in [0, 0.05) is 6.61 Å². The van der Waals surface area contributed by atoms with Crippen LogP contribution in [-0.2, 0) is 4.65 Å². The molecule has 0 unspecified atom stereocenters. The van der Waals surface area contributed by atoms with Gasteiger partial charge in [0.05, 0.1) is 0 Å². The van der Waals surface area contributed by atoms with Crippen molar-refractivity contribution in [2.24, 2.45) is 0 Å². The highest BCUT2D eigenvalue weighted by Gasteiger charge is 2.11. The third kappa shape index (κ3) is 6.72. The van der Waals surface area contributed by atoms with Gasteiger partial charge in [0.25, 0.3) is 6.92 Å². The molecule has 0 heterocycles. The summed E-state index contributed by atoms with van der Waals surface area (Å²) < 4.78 is 5.76. The van der Waals surface area contributed by atoms with Gasteiger partial charge >= 0.3 is 0 Å². The van der Waals surface area contributed by atoms with E-state index < -0.39 is 0 Å². The van der Waals surface area contributed by atoms with Gasteiger partial charge in [0.2, 0.25) is 0 Å². The van der Waals surface area contributed by atoms with Crippen molar-refractivity contribution in [3.05, 3.63) is 0 Å². The minimum atomic E-state index is 0.534. The van der Waals surface area contributed by atoms with Crippen LogP contribution in [0.15, 0.2) is 0 Å². The molecular weight excluding hydrogens is 147 g/mol. The molecule has 0 N–H and O–H groups in total. The molecule has 0 saturated heterocycles. The second-order valence-corrected chi connectivity index (χ2v) is 3.42. The summed E-state index contributed by atoms with van der Waals surface area (Å²) >= 11 is 0. The first-order valence-corrected chi connectivity index (χ1v) is 5.46. The van der Waals surface area contributed by atoms with Crippen LogP contribution in [0.4, 0.5) is 0 Å². The molecule has 0 rings (SSSR count). The molecule has 0 saturated carbocycles. The zero-order valence-corrected chi connectivity index (χ0v) is 8.94. The van der Waals surface area contributed by atoms with Crippen molar-refractivity contribution in [1.29, 1.82) is 0 Å². The molecule has 12 heavy (non-hydrogen) atoms. The Morgan fingerprint density at radius 2 is 1.50 bits per heavy atom. The molecule has 2 heteroatoms. The smallest absolute Gasteiger partial charge is 0.293 e. The number of hydrogen-bond acceptors (Lipinski definition) is 1. The number of hydrogen-bond donors (Lipinski definition) is 0. The summed E-state index contributed by atoms with van der Waals surface area (Å²) in [6.07, 6.45) is 7.41. The molecule has 0 aromatic rings. The van der Waals surface area contributed by atoms with Crippen LogP contribution in [0.3, 0.4) is 0 Å². The van der Waals surface area contributed by atoms with Crippen molar-refractivity contribution in [2.75, 3.05) is 6.61 Å². The van der Waals surface area contributed by atoms with Crippen LogP contribution < -0.4 is 0 Å². The first-order chi connectivity index (χ1) is 5.85. The highest BCUT2D eigenvalue weighted by molar-refractivity contribution is 6.51. The van der Waals surface area contributed by atoms with Gasteiger partial charge in [0.1, 0.15) is 0 Å². The molecule has 0 aliphatic rings. The van der Waals surface area contributed by atoms with Crippen LogP contribution in [0, 0.1) is 0 Å². The van der Waals surface area contributed by atoms with E-state index >= 15 is 0 Å². The summed E-state index contributed by atoms with van der Waals surface area (Å²) in [7, 11) is 0. The van der Waals surface area contributed by atoms with Crippen LogP contribution >= 0.6 is 0 Å². The molecule has 0 aliphatic heterocycles. The molecule has 0 aromatic heterocycles. The lowest BCUT2D eigenvalue weighted by Gasteiger charge is -2.11. The van der Waals surface area contributed by atoms with Crippen molar-refractivity contribution in [3.63, 3.8) is 0 Å². The van der Waals surface area contributed by atoms with E-state index in [1.807, 2.05) is 0 Å². The van der Waals surface area contributed by atoms with E-state index in [1.165, 1.54) is 38.3 Å². The Kier molecular flexibility index (Phi) is 9.13. The largest absolute Gasteiger partial charge is 0.436 e. The van der Waals surface area contributed by atoms with E-state index in [-0.39, 0.29) is 0 Å². The third-order valence-electron chi connectivity index (χ3n) is 2.07. The highest BCUT2D eigenvalue weighted by Crippen LogP contribution is 2.07. The van der Waals surface area contributed by atoms with Crippen LogP contribution in [0.2, 0.25) is 12.6 Å². The van der Waals surface area contributed by atoms with Gasteiger partial charge in [-0.15, -0.1) is 0 Å². The Bertz CT molecular complexity index is 79.9. The fourth-order valence-electron chi connectivity index (χ4n) is 1.35. The molecule has 0 fully saturated rings. The summed E-state index contributed by atoms with van der Waals surface area (Å²) in [6.45, 7) is 8.16. The number of rotatable bonds is 8. The Morgan fingerprint density at radius 1 is 0.917 bits per heavy atom. The molecule has 0 bridgehead atoms. The van der Waals surface area contributed by atoms with E-state index in [4.69, 9.17) is 4.65 Å². The summed E-state index contributed by atoms with van der Waals surface area (Å²) in [4.78, 5) is 0. The number of unbranched alkanes of at least 4 members (excludes halogenated alkanes) is 1. The van der Waals surface area contributed by atoms with Gasteiger partial charge in [-0.05, 0) is 19.1 Å². The summed E-state index contributed by atoms with van der Waals surface area (Å²) in [5, 5.41) is 0. The molecule has 72 valence electrons. The highest BCUT2D eigenvalue weighted by atomic mass is 16.4. The lowest BCUT2D eigenvalue weighted by molar-refractivity contribution is 0.308. The fraction of sp³-hybridized carbons (Fsp3) is 1.00. The molecule has 0 spiro atoms. The van der Waals surface area contributed by atoms with E-state index in [1.54, 1.807) is 0 Å². The minimum absolute atomic E-state index is 0.534. The van der Waals surface area contributed by atoms with E-state index in [9.17, 15) is 0 Å². The molecule has 0 amide bonds. The lowest BCUT2D eigenvalue weighted by Crippen LogP contribution is -2.17. The van der Waals surface area contributed by atoms with Crippen molar-refractivity contribution in [2.45, 2.75) is 59.1 Å². The summed E-state index contributed by atoms with van der Waals surface area (Å²) in [6, 6.07) is 0. The van der Waals surface area contributed by atoms with Crippen LogP contribution in [0.5, 0.6) is 0 Å². The van der Waals surface area contributed by atoms with E-state index in [0.717, 1.165) is 6.61 Å². The maximum atomic E-state index is 5.76. The first-order valence-electron chi connectivity index (χ1n) is 5.46. The Hall–Kier alpha value is 0.0249. The van der Waals surface area contributed by atoms with Crippen molar-refractivity contribution < 1.29 is 4.65 Å². The predicted octanol–water partition coefficient (Wildman–Crippen LogP) is 3.61. The second-order valence-electron chi connectivity index (χ2n) is 3.42. The van der Waals surface area contributed by atoms with Gasteiger partial charge in [-0.1, -0.05) is 40.0 Å². The van der Waals surface area contributed by atoms with Gasteiger partial charge in [-0.3, -0.25) is 0 Å². The molecule has 0 atom stereocenters. The normalized spacial score (nSPS) is 10.2. The van der Waals surface area contributed by atoms with Crippen LogP contribution in [0.25, 0.3) is 0 Å². The van der Waals surface area contributed by atoms with E-state index in [2.05, 4.69) is 20.8 Å². The quantitative estimate of drug-likeness (QED) is 0.399. The Labute approximate surface area is 78.0 Å². The molecule has 1 nitrogen and oxygen atoms in total. The minimum Gasteiger partial charge on any atom is -0.436 e. The third-order valence-corrected chi connectivity index (χ3v) is 2.07. The van der Waals surface area contributed by atoms with Crippen molar-refractivity contribution >= 4 is 6.92 Å². The monoisotopic (exact) mass is 170 g/mol. The van der Waals surface area contributed by atoms with E-state index in [0.29, 0.717) is 6.92 Å². The van der Waals surface area contributed by atoms with Gasteiger partial charge < -0.3 is 4.65 Å². The molecule has 0 aliphatic carbocycles. The summed E-state index contributed by atoms with van der Waals surface area (Å²) in [5.74, 6) is 0. The average molecular weight is 170 g/mol. The molecule has 0 radical (unpaired) electrons.